The Kier molecular flexibility index (Phi) is 7.91. The van der Waals surface area contributed by atoms with Gasteiger partial charge >= 0.3 is 204 Å². The summed E-state index contributed by atoms with van der Waals surface area (Å²) in [5, 5.41) is 6.72. The van der Waals surface area contributed by atoms with Crippen molar-refractivity contribution in [2.45, 2.75) is 66.0 Å². The summed E-state index contributed by atoms with van der Waals surface area (Å²) in [5.74, 6) is 0.137. The normalized spacial score (nSPS) is 15.5. The molecule has 0 heterocycles. The predicted molar refractivity (Wildman–Crippen MR) is 145 cm³/mol. The van der Waals surface area contributed by atoms with Gasteiger partial charge in [-0.3, -0.25) is 0 Å². The van der Waals surface area contributed by atoms with Gasteiger partial charge in [0, 0.05) is 0 Å². The summed E-state index contributed by atoms with van der Waals surface area (Å²) in [6, 6.07) is 9.82. The molecule has 1 saturated carbocycles. The van der Waals surface area contributed by atoms with E-state index < -0.39 is 12.4 Å². The van der Waals surface area contributed by atoms with Gasteiger partial charge in [0.25, 0.3) is 0 Å². The summed E-state index contributed by atoms with van der Waals surface area (Å²) in [7, 11) is -2.27. The van der Waals surface area contributed by atoms with Crippen molar-refractivity contribution in [2.24, 2.45) is 0 Å². The second kappa shape index (κ2) is 10.2. The topological polar surface area (TPSA) is 58.2 Å². The van der Waals surface area contributed by atoms with E-state index in [1.54, 1.807) is 0 Å². The van der Waals surface area contributed by atoms with E-state index in [0.29, 0.717) is 11.2 Å². The summed E-state index contributed by atoms with van der Waals surface area (Å²) in [6.07, 6.45) is 5.08. The maximum atomic E-state index is 13.9. The van der Waals surface area contributed by atoms with Crippen LogP contribution < -0.4 is 10.6 Å². The molecule has 0 aromatic heterocycles. The molecule has 2 aromatic carbocycles. The monoisotopic (exact) mass is 488 g/mol. The first-order chi connectivity index (χ1) is 15.6. The Hall–Kier alpha value is -1.90. The number of carbonyl (C=O) groups excluding carboxylic acids is 2. The average molecular weight is 489 g/mol. The Balaban J connectivity index is 1.89. The number of hydrogen-bond donors (Lipinski definition) is 2. The quantitative estimate of drug-likeness (QED) is 0.398. The average Bonchev–Trinajstić information content (AvgIpc) is 2.71. The van der Waals surface area contributed by atoms with Gasteiger partial charge in [0.05, 0.1) is 0 Å². The summed E-state index contributed by atoms with van der Waals surface area (Å²) in [5.41, 5.74) is 5.82. The van der Waals surface area contributed by atoms with Crippen molar-refractivity contribution < 1.29 is 9.59 Å². The molecule has 180 valence electrons. The molecule has 1 aliphatic carbocycles. The van der Waals surface area contributed by atoms with E-state index in [-0.39, 0.29) is 11.8 Å². The molecule has 0 saturated heterocycles. The fraction of sp³-hybridized carbons (Fsp3) is 0.481. The van der Waals surface area contributed by atoms with E-state index in [0.717, 1.165) is 65.2 Å². The minimum atomic E-state index is -2.27. The molecule has 33 heavy (non-hydrogen) atoms. The van der Waals surface area contributed by atoms with E-state index in [4.69, 9.17) is 11.6 Å². The van der Waals surface area contributed by atoms with Crippen molar-refractivity contribution in [2.75, 3.05) is 29.1 Å². The van der Waals surface area contributed by atoms with Crippen LogP contribution in [0.3, 0.4) is 0 Å². The third-order valence-electron chi connectivity index (χ3n) is 7.99. The minimum absolute atomic E-state index is 0.0423. The zero-order valence-corrected chi connectivity index (χ0v) is 22.6. The van der Waals surface area contributed by atoms with Crippen molar-refractivity contribution in [3.8, 4) is 0 Å². The van der Waals surface area contributed by atoms with Crippen LogP contribution in [0.25, 0.3) is 0 Å². The number of benzene rings is 2. The number of aryl methyl sites for hydroxylation is 4. The Bertz CT molecular complexity index is 1010. The van der Waals surface area contributed by atoms with Crippen molar-refractivity contribution in [3.63, 3.8) is 0 Å². The summed E-state index contributed by atoms with van der Waals surface area (Å²) >= 11 is 6.20. The molecule has 0 aliphatic heterocycles. The van der Waals surface area contributed by atoms with Crippen molar-refractivity contribution in [1.82, 2.24) is 0 Å². The summed E-state index contributed by atoms with van der Waals surface area (Å²) < 4.78 is 0. The first-order valence-electron chi connectivity index (χ1n) is 12.0. The molecule has 0 spiro atoms. The Morgan fingerprint density at radius 2 is 1.42 bits per heavy atom. The Labute approximate surface area is 204 Å². The third kappa shape index (κ3) is 4.84. The van der Waals surface area contributed by atoms with Gasteiger partial charge in [-0.15, -0.1) is 0 Å². The van der Waals surface area contributed by atoms with Crippen molar-refractivity contribution in [3.05, 3.63) is 57.6 Å². The summed E-state index contributed by atoms with van der Waals surface area (Å²) in [4.78, 5) is 27.2. The fourth-order valence-electron chi connectivity index (χ4n) is 5.72. The van der Waals surface area contributed by atoms with Crippen LogP contribution in [0.15, 0.2) is 30.3 Å². The molecular formula is C27H38ClN2O2P. The number of carbonyl (C=O) groups is 2. The number of para-hydroxylation sites is 1. The van der Waals surface area contributed by atoms with Gasteiger partial charge in [0.1, 0.15) is 0 Å². The number of halogens is 1. The molecule has 0 radical (unpaired) electrons. The first-order valence-corrected chi connectivity index (χ1v) is 15.0. The van der Waals surface area contributed by atoms with E-state index in [2.05, 4.69) is 24.5 Å². The van der Waals surface area contributed by atoms with Crippen LogP contribution in [-0.2, 0) is 9.59 Å². The zero-order valence-electron chi connectivity index (χ0n) is 20.8. The molecule has 6 heteroatoms. The standard InChI is InChI=1S/C27H38ClN2O2P/c1-7-33(8-2,17-23(31)29-24-18(3)11-9-12-19(24)4)27(13-10-14-27)26(32)30-25-20(5)15-22(28)16-21(25)6/h9,11-12,15-16,33H,7-8,10,13-14,17H2,1-6H3,(H,29,31)(H,30,32). The Morgan fingerprint density at radius 1 is 0.909 bits per heavy atom. The first kappa shape index (κ1) is 25.7. The fourth-order valence-corrected chi connectivity index (χ4v) is 11.4. The number of hydrogen-bond acceptors (Lipinski definition) is 2. The van der Waals surface area contributed by atoms with Crippen LogP contribution >= 0.6 is 18.9 Å². The molecule has 0 atom stereocenters. The number of amides is 2. The van der Waals surface area contributed by atoms with Gasteiger partial charge in [-0.05, 0) is 0 Å². The number of anilines is 2. The zero-order chi connectivity index (χ0) is 24.4. The van der Waals surface area contributed by atoms with Gasteiger partial charge in [-0.25, -0.2) is 0 Å². The van der Waals surface area contributed by atoms with Gasteiger partial charge in [0.2, 0.25) is 0 Å². The van der Waals surface area contributed by atoms with Gasteiger partial charge < -0.3 is 0 Å². The second-order valence-electron chi connectivity index (χ2n) is 9.78. The van der Waals surface area contributed by atoms with Crippen LogP contribution in [0.5, 0.6) is 0 Å². The van der Waals surface area contributed by atoms with E-state index in [9.17, 15) is 9.59 Å². The van der Waals surface area contributed by atoms with Gasteiger partial charge in [-0.1, -0.05) is 0 Å². The van der Waals surface area contributed by atoms with Crippen LogP contribution in [0.1, 0.15) is 55.4 Å². The van der Waals surface area contributed by atoms with Gasteiger partial charge in [-0.2, -0.15) is 0 Å². The third-order valence-corrected chi connectivity index (χ3v) is 14.7. The predicted octanol–water partition coefficient (Wildman–Crippen LogP) is 6.86. The molecule has 4 nitrogen and oxygen atoms in total. The van der Waals surface area contributed by atoms with Crippen LogP contribution in [0, 0.1) is 27.7 Å². The molecule has 1 aliphatic rings. The van der Waals surface area contributed by atoms with E-state index in [1.807, 2.05) is 58.0 Å². The number of nitrogens with one attached hydrogen (secondary N) is 2. The van der Waals surface area contributed by atoms with Crippen LogP contribution in [0.4, 0.5) is 11.4 Å². The molecule has 1 fully saturated rings. The van der Waals surface area contributed by atoms with Crippen LogP contribution in [0.2, 0.25) is 5.02 Å². The number of rotatable bonds is 8. The van der Waals surface area contributed by atoms with Crippen molar-refractivity contribution in [1.29, 1.82) is 0 Å². The van der Waals surface area contributed by atoms with E-state index in [1.165, 1.54) is 0 Å². The van der Waals surface area contributed by atoms with Gasteiger partial charge in [0.15, 0.2) is 0 Å². The molecule has 2 amide bonds. The maximum absolute atomic E-state index is 13.9. The molecule has 0 bridgehead atoms. The Morgan fingerprint density at radius 3 is 1.88 bits per heavy atom. The second-order valence-corrected chi connectivity index (χ2v) is 15.5. The molecule has 3 rings (SSSR count). The van der Waals surface area contributed by atoms with E-state index >= 15 is 0 Å². The summed E-state index contributed by atoms with van der Waals surface area (Å²) in [6.45, 7) is 12.3. The van der Waals surface area contributed by atoms with Crippen molar-refractivity contribution >= 4 is 42.1 Å². The molecule has 2 aromatic rings. The molecule has 0 unspecified atom stereocenters. The SMILES string of the molecule is CC[PH](CC)(CC(=O)Nc1c(C)cccc1C)C1(C(=O)Nc2c(C)cc(Cl)cc2C)CCC1. The van der Waals surface area contributed by atoms with Crippen LogP contribution in [-0.4, -0.2) is 35.5 Å². The molecular weight excluding hydrogens is 451 g/mol. The molecule has 2 N–H and O–H groups in total.